The lowest BCUT2D eigenvalue weighted by Crippen LogP contribution is -2.47. The first-order valence-corrected chi connectivity index (χ1v) is 5.82. The van der Waals surface area contributed by atoms with Gasteiger partial charge in [-0.25, -0.2) is 0 Å². The van der Waals surface area contributed by atoms with Crippen LogP contribution in [0.4, 0.5) is 0 Å². The zero-order chi connectivity index (χ0) is 9.64. The van der Waals surface area contributed by atoms with E-state index < -0.39 is 16.4 Å². The molecule has 0 aromatic rings. The summed E-state index contributed by atoms with van der Waals surface area (Å²) in [5, 5.41) is 9.37. The molecule has 0 amide bonds. The number of piperidine rings is 1. The molecule has 2 aliphatic heterocycles. The molecule has 2 heterocycles. The summed E-state index contributed by atoms with van der Waals surface area (Å²) in [7, 11) is -4.06. The Kier molecular flexibility index (Phi) is 2.10. The van der Waals surface area contributed by atoms with Gasteiger partial charge in [0.2, 0.25) is 0 Å². The lowest BCUT2D eigenvalue weighted by Gasteiger charge is -2.33. The van der Waals surface area contributed by atoms with Crippen molar-refractivity contribution in [1.82, 2.24) is 4.31 Å². The summed E-state index contributed by atoms with van der Waals surface area (Å²) >= 11 is 0. The Hall–Kier alpha value is -0.170. The molecule has 76 valence electrons. The van der Waals surface area contributed by atoms with E-state index in [1.165, 1.54) is 0 Å². The average Bonchev–Trinajstić information content (AvgIpc) is 2.23. The number of hydrogen-bond donors (Lipinski definition) is 2. The monoisotopic (exact) mass is 207 g/mol. The van der Waals surface area contributed by atoms with E-state index in [2.05, 4.69) is 0 Å². The first kappa shape index (κ1) is 9.39. The standard InChI is InChI=1S/C7H13NO4S/c9-7-3-5-1-2-6(4-7)8(5)13(10,11)12/h5-7,9H,1-4H2,(H,10,11,12)/t5-,6+,7?. The second-order valence-corrected chi connectivity index (χ2v) is 5.14. The van der Waals surface area contributed by atoms with Crippen molar-refractivity contribution in [2.45, 2.75) is 43.9 Å². The zero-order valence-electron chi connectivity index (χ0n) is 7.13. The van der Waals surface area contributed by atoms with Crippen molar-refractivity contribution in [3.05, 3.63) is 0 Å². The van der Waals surface area contributed by atoms with Gasteiger partial charge in [0.1, 0.15) is 0 Å². The summed E-state index contributed by atoms with van der Waals surface area (Å²) in [5.41, 5.74) is 0. The van der Waals surface area contributed by atoms with Gasteiger partial charge in [0.05, 0.1) is 6.10 Å². The van der Waals surface area contributed by atoms with Crippen LogP contribution in [0.3, 0.4) is 0 Å². The van der Waals surface area contributed by atoms with E-state index in [0.29, 0.717) is 12.8 Å². The molecule has 1 unspecified atom stereocenters. The van der Waals surface area contributed by atoms with Crippen molar-refractivity contribution >= 4 is 10.3 Å². The van der Waals surface area contributed by atoms with E-state index >= 15 is 0 Å². The van der Waals surface area contributed by atoms with Gasteiger partial charge in [0.25, 0.3) is 0 Å². The molecule has 2 saturated heterocycles. The van der Waals surface area contributed by atoms with Crippen LogP contribution in [0.1, 0.15) is 25.7 Å². The minimum absolute atomic E-state index is 0.191. The fraction of sp³-hybridized carbons (Fsp3) is 1.00. The Balaban J connectivity index is 2.25. The summed E-state index contributed by atoms with van der Waals surface area (Å²) in [6, 6.07) is -0.382. The van der Waals surface area contributed by atoms with Gasteiger partial charge in [-0.3, -0.25) is 4.55 Å². The van der Waals surface area contributed by atoms with Crippen LogP contribution in [-0.4, -0.2) is 40.6 Å². The molecular weight excluding hydrogens is 194 g/mol. The molecule has 0 aliphatic carbocycles. The van der Waals surface area contributed by atoms with E-state index in [9.17, 15) is 13.5 Å². The van der Waals surface area contributed by atoms with Crippen molar-refractivity contribution in [3.63, 3.8) is 0 Å². The highest BCUT2D eigenvalue weighted by Crippen LogP contribution is 2.37. The minimum atomic E-state index is -4.06. The van der Waals surface area contributed by atoms with Crippen LogP contribution >= 0.6 is 0 Å². The lowest BCUT2D eigenvalue weighted by atomic mass is 10.0. The first-order valence-electron chi connectivity index (χ1n) is 4.42. The van der Waals surface area contributed by atoms with Gasteiger partial charge in [0.15, 0.2) is 0 Å². The molecule has 0 aromatic heterocycles. The number of nitrogens with zero attached hydrogens (tertiary/aromatic N) is 1. The van der Waals surface area contributed by atoms with Gasteiger partial charge in [-0.05, 0) is 25.7 Å². The lowest BCUT2D eigenvalue weighted by molar-refractivity contribution is 0.0728. The number of rotatable bonds is 1. The van der Waals surface area contributed by atoms with Crippen LogP contribution in [0, 0.1) is 0 Å². The Bertz CT molecular complexity index is 288. The number of hydrogen-bond acceptors (Lipinski definition) is 3. The van der Waals surface area contributed by atoms with Crippen LogP contribution in [0.15, 0.2) is 0 Å². The molecule has 5 nitrogen and oxygen atoms in total. The van der Waals surface area contributed by atoms with Crippen LogP contribution in [0.5, 0.6) is 0 Å². The summed E-state index contributed by atoms with van der Waals surface area (Å²) in [6.45, 7) is 0. The van der Waals surface area contributed by atoms with Gasteiger partial charge in [-0.2, -0.15) is 12.7 Å². The van der Waals surface area contributed by atoms with Gasteiger partial charge in [0, 0.05) is 12.1 Å². The third-order valence-electron chi connectivity index (χ3n) is 2.91. The van der Waals surface area contributed by atoms with Gasteiger partial charge < -0.3 is 5.11 Å². The third kappa shape index (κ3) is 1.59. The fourth-order valence-electron chi connectivity index (χ4n) is 2.48. The highest BCUT2D eigenvalue weighted by Gasteiger charge is 2.45. The molecule has 2 aliphatic rings. The van der Waals surface area contributed by atoms with E-state index in [4.69, 9.17) is 4.55 Å². The zero-order valence-corrected chi connectivity index (χ0v) is 7.94. The molecule has 2 bridgehead atoms. The molecule has 0 radical (unpaired) electrons. The smallest absolute Gasteiger partial charge is 0.336 e. The number of aliphatic hydroxyl groups is 1. The molecule has 3 atom stereocenters. The van der Waals surface area contributed by atoms with E-state index in [0.717, 1.165) is 17.1 Å². The molecule has 2 rings (SSSR count). The maximum absolute atomic E-state index is 11.0. The average molecular weight is 207 g/mol. The molecule has 0 saturated carbocycles. The van der Waals surface area contributed by atoms with Gasteiger partial charge in [-0.15, -0.1) is 0 Å². The maximum atomic E-state index is 11.0. The Labute approximate surface area is 77.2 Å². The summed E-state index contributed by atoms with van der Waals surface area (Å²) < 4.78 is 32.0. The number of aliphatic hydroxyl groups excluding tert-OH is 1. The van der Waals surface area contributed by atoms with Crippen LogP contribution in [0.2, 0.25) is 0 Å². The third-order valence-corrected chi connectivity index (χ3v) is 4.04. The van der Waals surface area contributed by atoms with Gasteiger partial charge in [-0.1, -0.05) is 0 Å². The quantitative estimate of drug-likeness (QED) is 0.582. The Morgan fingerprint density at radius 2 is 1.62 bits per heavy atom. The highest BCUT2D eigenvalue weighted by atomic mass is 32.2. The molecule has 2 fully saturated rings. The second kappa shape index (κ2) is 2.91. The SMILES string of the molecule is O=S(=O)(O)N1[C@@H]2CC[C@H]1CC(O)C2. The Morgan fingerprint density at radius 1 is 1.15 bits per heavy atom. The van der Waals surface area contributed by atoms with Crippen molar-refractivity contribution in [2.75, 3.05) is 0 Å². The van der Waals surface area contributed by atoms with Crippen LogP contribution < -0.4 is 0 Å². The largest absolute Gasteiger partial charge is 0.393 e. The van der Waals surface area contributed by atoms with Crippen molar-refractivity contribution in [1.29, 1.82) is 0 Å². The summed E-state index contributed by atoms with van der Waals surface area (Å²) in [5.74, 6) is 0. The molecular formula is C7H13NO4S. The summed E-state index contributed by atoms with van der Waals surface area (Å²) in [6.07, 6.45) is 2.01. The van der Waals surface area contributed by atoms with Crippen LogP contribution in [0.25, 0.3) is 0 Å². The van der Waals surface area contributed by atoms with E-state index in [1.807, 2.05) is 0 Å². The summed E-state index contributed by atoms with van der Waals surface area (Å²) in [4.78, 5) is 0. The maximum Gasteiger partial charge on any atom is 0.336 e. The topological polar surface area (TPSA) is 77.8 Å². The molecule has 6 heteroatoms. The van der Waals surface area contributed by atoms with Crippen molar-refractivity contribution in [2.24, 2.45) is 0 Å². The molecule has 0 aromatic carbocycles. The fourth-order valence-corrected chi connectivity index (χ4v) is 3.62. The van der Waals surface area contributed by atoms with Crippen LogP contribution in [-0.2, 0) is 10.3 Å². The molecule has 13 heavy (non-hydrogen) atoms. The Morgan fingerprint density at radius 3 is 2.00 bits per heavy atom. The molecule has 2 N–H and O–H groups in total. The number of fused-ring (bicyclic) bond motifs is 2. The minimum Gasteiger partial charge on any atom is -0.393 e. The van der Waals surface area contributed by atoms with Gasteiger partial charge >= 0.3 is 10.3 Å². The van der Waals surface area contributed by atoms with Crippen molar-refractivity contribution < 1.29 is 18.1 Å². The highest BCUT2D eigenvalue weighted by molar-refractivity contribution is 7.83. The normalized spacial score (nSPS) is 40.9. The molecule has 0 spiro atoms. The first-order chi connectivity index (χ1) is 5.98. The van der Waals surface area contributed by atoms with E-state index in [-0.39, 0.29) is 12.1 Å². The predicted molar refractivity (Wildman–Crippen MR) is 45.4 cm³/mol. The van der Waals surface area contributed by atoms with Crippen molar-refractivity contribution in [3.8, 4) is 0 Å². The predicted octanol–water partition coefficient (Wildman–Crippen LogP) is -0.223. The second-order valence-electron chi connectivity index (χ2n) is 3.82. The van der Waals surface area contributed by atoms with E-state index in [1.54, 1.807) is 0 Å².